The number of anilines is 1. The molecule has 0 aliphatic heterocycles. The van der Waals surface area contributed by atoms with Crippen molar-refractivity contribution in [3.63, 3.8) is 0 Å². The highest BCUT2D eigenvalue weighted by Crippen LogP contribution is 2.11. The Bertz CT molecular complexity index is 480. The van der Waals surface area contributed by atoms with Crippen molar-refractivity contribution >= 4 is 29.3 Å². The van der Waals surface area contributed by atoms with Gasteiger partial charge in [-0.1, -0.05) is 13.0 Å². The molecule has 4 N–H and O–H groups in total. The molecule has 0 aromatic heterocycles. The van der Waals surface area contributed by atoms with E-state index < -0.39 is 6.04 Å². The van der Waals surface area contributed by atoms with Gasteiger partial charge in [0.1, 0.15) is 0 Å². The van der Waals surface area contributed by atoms with E-state index in [4.69, 9.17) is 5.73 Å². The maximum Gasteiger partial charge on any atom is 0.251 e. The molecule has 0 radical (unpaired) electrons. The zero-order chi connectivity index (χ0) is 15.7. The lowest BCUT2D eigenvalue weighted by atomic mass is 10.1. The van der Waals surface area contributed by atoms with Gasteiger partial charge in [0.25, 0.3) is 5.91 Å². The summed E-state index contributed by atoms with van der Waals surface area (Å²) in [6.07, 6.45) is 3.49. The molecule has 0 heterocycles. The highest BCUT2D eigenvalue weighted by atomic mass is 32.2. The summed E-state index contributed by atoms with van der Waals surface area (Å²) in [6, 6.07) is 6.33. The van der Waals surface area contributed by atoms with Crippen LogP contribution in [0.5, 0.6) is 0 Å². The number of hydrogen-bond acceptors (Lipinski definition) is 4. The Morgan fingerprint density at radius 2 is 2.14 bits per heavy atom. The number of nitrogens with two attached hydrogens (primary N) is 1. The van der Waals surface area contributed by atoms with Gasteiger partial charge in [-0.25, -0.2) is 0 Å². The molecule has 116 valence electrons. The van der Waals surface area contributed by atoms with Crippen molar-refractivity contribution in [3.05, 3.63) is 29.8 Å². The summed E-state index contributed by atoms with van der Waals surface area (Å²) >= 11 is 1.65. The zero-order valence-electron chi connectivity index (χ0n) is 12.5. The molecular weight excluding hydrogens is 286 g/mol. The van der Waals surface area contributed by atoms with E-state index in [1.807, 2.05) is 13.2 Å². The molecular formula is C15H23N3O2S. The van der Waals surface area contributed by atoms with Gasteiger partial charge in [-0.3, -0.25) is 9.59 Å². The Balaban J connectivity index is 2.63. The standard InChI is InChI=1S/C15H23N3O2S/c1-3-8-17-14(19)11-5-4-6-12(10-11)18-15(20)13(16)7-9-21-2/h4-6,10,13H,3,7-9,16H2,1-2H3,(H,17,19)(H,18,20)/t13-/m1/s1. The van der Waals surface area contributed by atoms with Crippen LogP contribution in [0.25, 0.3) is 0 Å². The number of hydrogen-bond donors (Lipinski definition) is 3. The van der Waals surface area contributed by atoms with E-state index in [-0.39, 0.29) is 11.8 Å². The number of thioether (sulfide) groups is 1. The van der Waals surface area contributed by atoms with Crippen LogP contribution >= 0.6 is 11.8 Å². The molecule has 1 atom stereocenters. The molecule has 5 nitrogen and oxygen atoms in total. The van der Waals surface area contributed by atoms with Crippen LogP contribution in [-0.2, 0) is 4.79 Å². The molecule has 0 fully saturated rings. The second-order valence-electron chi connectivity index (χ2n) is 4.71. The third-order valence-corrected chi connectivity index (χ3v) is 3.54. The fourth-order valence-corrected chi connectivity index (χ4v) is 2.18. The number of nitrogens with one attached hydrogen (secondary N) is 2. The highest BCUT2D eigenvalue weighted by molar-refractivity contribution is 7.98. The van der Waals surface area contributed by atoms with Crippen molar-refractivity contribution < 1.29 is 9.59 Å². The summed E-state index contributed by atoms with van der Waals surface area (Å²) in [5.41, 5.74) is 6.92. The lowest BCUT2D eigenvalue weighted by Gasteiger charge is -2.12. The largest absolute Gasteiger partial charge is 0.352 e. The number of amides is 2. The molecule has 0 saturated heterocycles. The van der Waals surface area contributed by atoms with E-state index >= 15 is 0 Å². The van der Waals surface area contributed by atoms with E-state index in [0.717, 1.165) is 12.2 Å². The second-order valence-corrected chi connectivity index (χ2v) is 5.70. The van der Waals surface area contributed by atoms with Crippen molar-refractivity contribution in [1.29, 1.82) is 0 Å². The summed E-state index contributed by atoms with van der Waals surface area (Å²) in [6.45, 7) is 2.63. The molecule has 0 saturated carbocycles. The number of benzene rings is 1. The second kappa shape index (κ2) is 9.41. The van der Waals surface area contributed by atoms with Gasteiger partial charge < -0.3 is 16.4 Å². The quantitative estimate of drug-likeness (QED) is 0.684. The van der Waals surface area contributed by atoms with Crippen molar-refractivity contribution in [2.45, 2.75) is 25.8 Å². The number of carbonyl (C=O) groups excluding carboxylic acids is 2. The summed E-state index contributed by atoms with van der Waals surface area (Å²) in [4.78, 5) is 23.8. The summed E-state index contributed by atoms with van der Waals surface area (Å²) in [7, 11) is 0. The Labute approximate surface area is 130 Å². The summed E-state index contributed by atoms with van der Waals surface area (Å²) in [5.74, 6) is 0.475. The minimum atomic E-state index is -0.532. The first-order valence-electron chi connectivity index (χ1n) is 7.02. The predicted molar refractivity (Wildman–Crippen MR) is 88.7 cm³/mol. The fourth-order valence-electron chi connectivity index (χ4n) is 1.69. The van der Waals surface area contributed by atoms with Gasteiger partial charge in [-0.15, -0.1) is 0 Å². The van der Waals surface area contributed by atoms with Crippen molar-refractivity contribution in [3.8, 4) is 0 Å². The molecule has 1 rings (SSSR count). The average Bonchev–Trinajstić information content (AvgIpc) is 2.50. The Hall–Kier alpha value is -1.53. The first-order chi connectivity index (χ1) is 10.1. The van der Waals surface area contributed by atoms with Crippen LogP contribution in [0.4, 0.5) is 5.69 Å². The Kier molecular flexibility index (Phi) is 7.85. The molecule has 1 aromatic rings. The Morgan fingerprint density at radius 3 is 2.81 bits per heavy atom. The molecule has 0 aliphatic carbocycles. The topological polar surface area (TPSA) is 84.2 Å². The minimum absolute atomic E-state index is 0.139. The van der Waals surface area contributed by atoms with Gasteiger partial charge in [0, 0.05) is 17.8 Å². The van der Waals surface area contributed by atoms with Crippen molar-refractivity contribution in [2.75, 3.05) is 23.9 Å². The highest BCUT2D eigenvalue weighted by Gasteiger charge is 2.13. The van der Waals surface area contributed by atoms with E-state index in [9.17, 15) is 9.59 Å². The van der Waals surface area contributed by atoms with Gasteiger partial charge >= 0.3 is 0 Å². The maximum absolute atomic E-state index is 11.9. The van der Waals surface area contributed by atoms with Gasteiger partial charge in [0.2, 0.25) is 5.91 Å². The maximum atomic E-state index is 11.9. The molecule has 6 heteroatoms. The van der Waals surface area contributed by atoms with Crippen LogP contribution in [0.15, 0.2) is 24.3 Å². The van der Waals surface area contributed by atoms with E-state index in [1.165, 1.54) is 0 Å². The molecule has 2 amide bonds. The van der Waals surface area contributed by atoms with Crippen LogP contribution < -0.4 is 16.4 Å². The fraction of sp³-hybridized carbons (Fsp3) is 0.467. The molecule has 21 heavy (non-hydrogen) atoms. The zero-order valence-corrected chi connectivity index (χ0v) is 13.3. The predicted octanol–water partition coefficient (Wildman–Crippen LogP) is 1.85. The molecule has 0 unspecified atom stereocenters. The monoisotopic (exact) mass is 309 g/mol. The summed E-state index contributed by atoms with van der Waals surface area (Å²) < 4.78 is 0. The lowest BCUT2D eigenvalue weighted by Crippen LogP contribution is -2.36. The van der Waals surface area contributed by atoms with Crippen molar-refractivity contribution in [1.82, 2.24) is 5.32 Å². The lowest BCUT2D eigenvalue weighted by molar-refractivity contribution is -0.117. The van der Waals surface area contributed by atoms with Crippen LogP contribution in [0.3, 0.4) is 0 Å². The average molecular weight is 309 g/mol. The van der Waals surface area contributed by atoms with Gasteiger partial charge in [0.15, 0.2) is 0 Å². The summed E-state index contributed by atoms with van der Waals surface area (Å²) in [5, 5.41) is 5.55. The molecule has 0 aliphatic rings. The van der Waals surface area contributed by atoms with Gasteiger partial charge in [-0.2, -0.15) is 11.8 Å². The third-order valence-electron chi connectivity index (χ3n) is 2.90. The Morgan fingerprint density at radius 1 is 1.38 bits per heavy atom. The molecule has 1 aromatic carbocycles. The van der Waals surface area contributed by atoms with E-state index in [1.54, 1.807) is 36.0 Å². The normalized spacial score (nSPS) is 11.8. The number of rotatable bonds is 8. The van der Waals surface area contributed by atoms with Crippen LogP contribution in [0.2, 0.25) is 0 Å². The third kappa shape index (κ3) is 6.18. The van der Waals surface area contributed by atoms with Crippen LogP contribution in [-0.4, -0.2) is 36.4 Å². The molecule has 0 spiro atoms. The SMILES string of the molecule is CCCNC(=O)c1cccc(NC(=O)[C@H](N)CCSC)c1. The smallest absolute Gasteiger partial charge is 0.251 e. The van der Waals surface area contributed by atoms with Crippen LogP contribution in [0.1, 0.15) is 30.1 Å². The van der Waals surface area contributed by atoms with Crippen molar-refractivity contribution in [2.24, 2.45) is 5.73 Å². The first kappa shape index (κ1) is 17.5. The van der Waals surface area contributed by atoms with E-state index in [0.29, 0.717) is 24.2 Å². The first-order valence-corrected chi connectivity index (χ1v) is 8.41. The van der Waals surface area contributed by atoms with Gasteiger partial charge in [-0.05, 0) is 43.0 Å². The minimum Gasteiger partial charge on any atom is -0.352 e. The molecule has 0 bridgehead atoms. The number of carbonyl (C=O) groups is 2. The van der Waals surface area contributed by atoms with Crippen LogP contribution in [0, 0.1) is 0 Å². The van der Waals surface area contributed by atoms with E-state index in [2.05, 4.69) is 10.6 Å². The van der Waals surface area contributed by atoms with Gasteiger partial charge in [0.05, 0.1) is 6.04 Å².